The van der Waals surface area contributed by atoms with Crippen LogP contribution in [0.4, 0.5) is 0 Å². The van der Waals surface area contributed by atoms with Gasteiger partial charge in [-0.05, 0) is 0 Å². The van der Waals surface area contributed by atoms with Gasteiger partial charge in [0, 0.05) is 19.3 Å². The molecule has 2 aliphatic rings. The number of likely N-dealkylation sites (tertiary alicyclic amines) is 1. The topological polar surface area (TPSA) is 66.8 Å². The lowest BCUT2D eigenvalue weighted by Crippen LogP contribution is -2.35. The fourth-order valence-electron chi connectivity index (χ4n) is 1.93. The molecule has 98 valence electrons. The number of imide groups is 1. The molecule has 0 aromatic carbocycles. The zero-order valence-corrected chi connectivity index (χ0v) is 11.8. The Labute approximate surface area is 120 Å². The van der Waals surface area contributed by atoms with Gasteiger partial charge in [0.1, 0.15) is 4.99 Å². The van der Waals surface area contributed by atoms with Crippen LogP contribution in [0.15, 0.2) is 16.3 Å². The summed E-state index contributed by atoms with van der Waals surface area (Å²) in [6.45, 7) is 1.68. The molecule has 2 aliphatic heterocycles. The molecule has 19 heavy (non-hydrogen) atoms. The van der Waals surface area contributed by atoms with Crippen molar-refractivity contribution >= 4 is 58.1 Å². The molecule has 0 aliphatic carbocycles. The first-order chi connectivity index (χ1) is 8.97. The van der Waals surface area contributed by atoms with Crippen molar-refractivity contribution in [3.63, 3.8) is 0 Å². The first-order valence-corrected chi connectivity index (χ1v) is 6.55. The number of thiocarbonyl (C=S) groups is 2. The second-order valence-corrected chi connectivity index (χ2v) is 4.85. The van der Waals surface area contributed by atoms with E-state index in [0.29, 0.717) is 0 Å². The molecule has 0 aromatic heterocycles. The Hall–Kier alpha value is -1.60. The van der Waals surface area contributed by atoms with Gasteiger partial charge in [0.2, 0.25) is 11.8 Å². The maximum absolute atomic E-state index is 12.0. The summed E-state index contributed by atoms with van der Waals surface area (Å²) < 4.78 is 0. The minimum absolute atomic E-state index is 0.131. The number of rotatable bonds is 3. The third-order valence-electron chi connectivity index (χ3n) is 2.87. The van der Waals surface area contributed by atoms with Gasteiger partial charge < -0.3 is 0 Å². The van der Waals surface area contributed by atoms with Crippen molar-refractivity contribution in [1.29, 1.82) is 0 Å². The van der Waals surface area contributed by atoms with Crippen molar-refractivity contribution in [2.75, 3.05) is 0 Å². The highest BCUT2D eigenvalue weighted by Crippen LogP contribution is 2.24. The summed E-state index contributed by atoms with van der Waals surface area (Å²) in [4.78, 5) is 40.6. The van der Waals surface area contributed by atoms with Crippen LogP contribution >= 0.6 is 24.4 Å². The number of hydrogen-bond donors (Lipinski definition) is 0. The zero-order valence-electron chi connectivity index (χ0n) is 10.1. The molecule has 0 aromatic rings. The summed E-state index contributed by atoms with van der Waals surface area (Å²) in [5.74, 6) is -0.937. The quantitative estimate of drug-likeness (QED) is 0.577. The zero-order chi connectivity index (χ0) is 14.2. The van der Waals surface area contributed by atoms with Crippen LogP contribution in [-0.4, -0.2) is 38.6 Å². The number of carbonyl (C=O) groups is 3. The van der Waals surface area contributed by atoms with Gasteiger partial charge in [0.15, 0.2) is 5.78 Å². The number of Topliss-reactive ketones (excluding diaryl/α,β-unsaturated/α-hetero) is 1. The summed E-state index contributed by atoms with van der Waals surface area (Å²) in [6, 6.07) is 0. The van der Waals surface area contributed by atoms with Gasteiger partial charge in [0.25, 0.3) is 0 Å². The smallest absolute Gasteiger partial charge is 0.234 e. The van der Waals surface area contributed by atoms with Crippen LogP contribution in [0.2, 0.25) is 0 Å². The third-order valence-corrected chi connectivity index (χ3v) is 3.71. The van der Waals surface area contributed by atoms with Crippen molar-refractivity contribution in [2.24, 2.45) is 4.99 Å². The average Bonchev–Trinajstić information content (AvgIpc) is 2.71. The van der Waals surface area contributed by atoms with Crippen molar-refractivity contribution < 1.29 is 14.4 Å². The molecule has 2 amide bonds. The Kier molecular flexibility index (Phi) is 3.77. The Morgan fingerprint density at radius 1 is 1.32 bits per heavy atom. The van der Waals surface area contributed by atoms with E-state index < -0.39 is 0 Å². The fraction of sp³-hybridized carbons (Fsp3) is 0.333. The first-order valence-electron chi connectivity index (χ1n) is 5.73. The molecule has 0 N–H and O–H groups in total. The van der Waals surface area contributed by atoms with Crippen LogP contribution in [0.5, 0.6) is 0 Å². The summed E-state index contributed by atoms with van der Waals surface area (Å²) in [6.07, 6.45) is 1.77. The molecule has 2 heterocycles. The second kappa shape index (κ2) is 5.18. The predicted octanol–water partition coefficient (Wildman–Crippen LogP) is 1.15. The molecule has 0 saturated carbocycles. The summed E-state index contributed by atoms with van der Waals surface area (Å²) >= 11 is 10.0. The van der Waals surface area contributed by atoms with E-state index in [0.717, 1.165) is 4.90 Å². The molecule has 0 spiro atoms. The minimum atomic E-state index is -0.344. The van der Waals surface area contributed by atoms with E-state index in [-0.39, 0.29) is 58.0 Å². The van der Waals surface area contributed by atoms with E-state index in [1.807, 2.05) is 0 Å². The SMILES string of the molecule is CCC(=O)C1=C(N2C(=O)CCC2=O)C=NC(=S)C1=S. The van der Waals surface area contributed by atoms with Gasteiger partial charge in [-0.2, -0.15) is 0 Å². The standard InChI is InChI=1S/C12H10N2O3S2/c1-2-7(15)10-6(5-13-12(19)11(10)18)14-8(16)3-4-9(14)17/h5H,2-4H2,1H3. The van der Waals surface area contributed by atoms with Gasteiger partial charge >= 0.3 is 0 Å². The molecule has 0 atom stereocenters. The predicted molar refractivity (Wildman–Crippen MR) is 77.1 cm³/mol. The van der Waals surface area contributed by atoms with Crippen LogP contribution in [0.1, 0.15) is 26.2 Å². The van der Waals surface area contributed by atoms with Gasteiger partial charge in [-0.3, -0.25) is 14.4 Å². The Morgan fingerprint density at radius 3 is 2.42 bits per heavy atom. The van der Waals surface area contributed by atoms with E-state index in [2.05, 4.69) is 4.99 Å². The fourth-order valence-corrected chi connectivity index (χ4v) is 2.35. The van der Waals surface area contributed by atoms with Gasteiger partial charge in [0.05, 0.1) is 22.3 Å². The second-order valence-electron chi connectivity index (χ2n) is 4.05. The molecule has 5 nitrogen and oxygen atoms in total. The summed E-state index contributed by atoms with van der Waals surface area (Å²) in [7, 11) is 0. The number of nitrogens with zero attached hydrogens (tertiary/aromatic N) is 2. The largest absolute Gasteiger partial charge is 0.294 e. The van der Waals surface area contributed by atoms with E-state index in [1.165, 1.54) is 6.21 Å². The molecular weight excluding hydrogens is 284 g/mol. The molecule has 1 saturated heterocycles. The number of carbonyl (C=O) groups excluding carboxylic acids is 3. The van der Waals surface area contributed by atoms with Gasteiger partial charge in [-0.25, -0.2) is 9.89 Å². The lowest BCUT2D eigenvalue weighted by molar-refractivity contribution is -0.135. The van der Waals surface area contributed by atoms with E-state index in [9.17, 15) is 14.4 Å². The normalized spacial score (nSPS) is 19.7. The average molecular weight is 294 g/mol. The lowest BCUT2D eigenvalue weighted by Gasteiger charge is -2.21. The number of ketones is 1. The highest BCUT2D eigenvalue weighted by atomic mass is 32.1. The Morgan fingerprint density at radius 2 is 1.89 bits per heavy atom. The maximum Gasteiger partial charge on any atom is 0.234 e. The van der Waals surface area contributed by atoms with Crippen LogP contribution in [0.25, 0.3) is 0 Å². The van der Waals surface area contributed by atoms with Crippen LogP contribution in [-0.2, 0) is 14.4 Å². The molecule has 7 heteroatoms. The first kappa shape index (κ1) is 13.8. The summed E-state index contributed by atoms with van der Waals surface area (Å²) in [5.41, 5.74) is 0.319. The van der Waals surface area contributed by atoms with Crippen molar-refractivity contribution in [3.05, 3.63) is 11.3 Å². The van der Waals surface area contributed by atoms with Gasteiger partial charge in [-0.1, -0.05) is 31.4 Å². The van der Waals surface area contributed by atoms with Gasteiger partial charge in [-0.15, -0.1) is 0 Å². The molecule has 0 radical (unpaired) electrons. The van der Waals surface area contributed by atoms with Crippen LogP contribution in [0, 0.1) is 0 Å². The molecular formula is C12H10N2O3S2. The Bertz CT molecular complexity index is 574. The van der Waals surface area contributed by atoms with E-state index >= 15 is 0 Å². The highest BCUT2D eigenvalue weighted by Gasteiger charge is 2.36. The van der Waals surface area contributed by atoms with E-state index in [4.69, 9.17) is 24.4 Å². The lowest BCUT2D eigenvalue weighted by atomic mass is 10.0. The van der Waals surface area contributed by atoms with Crippen LogP contribution in [0.3, 0.4) is 0 Å². The third kappa shape index (κ3) is 2.31. The van der Waals surface area contributed by atoms with Crippen molar-refractivity contribution in [1.82, 2.24) is 4.90 Å². The van der Waals surface area contributed by atoms with Crippen LogP contribution < -0.4 is 0 Å². The monoisotopic (exact) mass is 294 g/mol. The number of dihydropyridines is 1. The molecule has 2 rings (SSSR count). The number of aliphatic imine (C=N–C) groups is 1. The van der Waals surface area contributed by atoms with E-state index in [1.54, 1.807) is 6.92 Å². The molecule has 0 bridgehead atoms. The number of hydrogen-bond acceptors (Lipinski definition) is 5. The maximum atomic E-state index is 12.0. The minimum Gasteiger partial charge on any atom is -0.294 e. The number of allylic oxidation sites excluding steroid dienone is 1. The molecule has 0 unspecified atom stereocenters. The Balaban J connectivity index is 2.58. The van der Waals surface area contributed by atoms with Crippen molar-refractivity contribution in [2.45, 2.75) is 26.2 Å². The molecule has 1 fully saturated rings. The highest BCUT2D eigenvalue weighted by molar-refractivity contribution is 7.89. The summed E-state index contributed by atoms with van der Waals surface area (Å²) in [5, 5.41) is 0. The number of amides is 2. The van der Waals surface area contributed by atoms with Crippen molar-refractivity contribution in [3.8, 4) is 0 Å².